The molecule has 0 aliphatic carbocycles. The van der Waals surface area contributed by atoms with Gasteiger partial charge in [0.25, 0.3) is 0 Å². The van der Waals surface area contributed by atoms with Crippen molar-refractivity contribution in [1.29, 1.82) is 0 Å². The number of benzene rings is 1. The third-order valence-electron chi connectivity index (χ3n) is 6.28. The summed E-state index contributed by atoms with van der Waals surface area (Å²) < 4.78 is 21.0. The third kappa shape index (κ3) is 3.46. The van der Waals surface area contributed by atoms with E-state index in [-0.39, 0.29) is 18.3 Å². The van der Waals surface area contributed by atoms with E-state index < -0.39 is 5.50 Å². The number of ether oxygens (including phenoxy) is 1. The first-order chi connectivity index (χ1) is 12.8. The summed E-state index contributed by atoms with van der Waals surface area (Å²) in [6.07, 6.45) is 7.70. The molecule has 2 aliphatic rings. The lowest BCUT2D eigenvalue weighted by atomic mass is 9.60. The van der Waals surface area contributed by atoms with Crippen molar-refractivity contribution in [3.05, 3.63) is 48.3 Å². The van der Waals surface area contributed by atoms with E-state index in [1.165, 1.54) is 5.56 Å². The summed E-state index contributed by atoms with van der Waals surface area (Å²) in [6.45, 7) is 9.16. The predicted octanol–water partition coefficient (Wildman–Crippen LogP) is 3.99. The summed E-state index contributed by atoms with van der Waals surface area (Å²) in [4.78, 5) is 0. The highest BCUT2D eigenvalue weighted by Gasteiger charge is 2.60. The second kappa shape index (κ2) is 6.76. The molecule has 0 radical (unpaired) electrons. The molecule has 0 spiro atoms. The van der Waals surface area contributed by atoms with Crippen molar-refractivity contribution in [2.24, 2.45) is 0 Å². The first-order valence-electron chi connectivity index (χ1n) is 9.90. The van der Waals surface area contributed by atoms with Crippen molar-refractivity contribution in [3.8, 4) is 5.69 Å². The van der Waals surface area contributed by atoms with Gasteiger partial charge in [-0.25, -0.2) is 4.68 Å². The number of hydrogen-bond acceptors (Lipinski definition) is 4. The monoisotopic (exact) mass is 368 g/mol. The van der Waals surface area contributed by atoms with E-state index in [1.807, 2.05) is 16.9 Å². The molecule has 144 valence electrons. The average Bonchev–Trinajstić information content (AvgIpc) is 3.23. The summed E-state index contributed by atoms with van der Waals surface area (Å²) in [5.74, 6) is 0. The van der Waals surface area contributed by atoms with Gasteiger partial charge < -0.3 is 14.0 Å². The molecule has 0 amide bonds. The maximum atomic E-state index is 6.40. The van der Waals surface area contributed by atoms with E-state index in [0.717, 1.165) is 38.0 Å². The number of hydrogen-bond donors (Lipinski definition) is 0. The highest BCUT2D eigenvalue weighted by atomic mass is 16.7. The van der Waals surface area contributed by atoms with E-state index in [9.17, 15) is 0 Å². The first-order valence-corrected chi connectivity index (χ1v) is 9.90. The molecule has 27 heavy (non-hydrogen) atoms. The highest BCUT2D eigenvalue weighted by Crippen LogP contribution is 2.44. The minimum atomic E-state index is -0.434. The van der Waals surface area contributed by atoms with Gasteiger partial charge in [-0.2, -0.15) is 5.10 Å². The molecule has 5 nitrogen and oxygen atoms in total. The van der Waals surface area contributed by atoms with Crippen LogP contribution in [-0.2, 0) is 20.5 Å². The van der Waals surface area contributed by atoms with Gasteiger partial charge in [0.05, 0.1) is 16.9 Å². The van der Waals surface area contributed by atoms with Crippen LogP contribution in [0.4, 0.5) is 0 Å². The molecular weight excluding hydrogens is 339 g/mol. The minimum absolute atomic E-state index is 0.352. The fourth-order valence-electron chi connectivity index (χ4n) is 3.87. The standard InChI is InChI=1S/C21H29BN2O3/c1-19(2)20(3,4)27-22(26-19)21(12-5-6-15-25-21)16-17-8-10-18(11-9-17)24-14-7-13-23-24/h7-11,13-14H,5-6,12,15-16H2,1-4H3/t21-/m1/s1. The predicted molar refractivity (Wildman–Crippen MR) is 106 cm³/mol. The molecule has 0 N–H and O–H groups in total. The molecule has 1 atom stereocenters. The molecular formula is C21H29BN2O3. The van der Waals surface area contributed by atoms with Crippen LogP contribution in [0.15, 0.2) is 42.7 Å². The van der Waals surface area contributed by atoms with Crippen molar-refractivity contribution in [2.45, 2.75) is 70.1 Å². The summed E-state index contributed by atoms with van der Waals surface area (Å²) in [7, 11) is -0.353. The average molecular weight is 368 g/mol. The van der Waals surface area contributed by atoms with Crippen molar-refractivity contribution < 1.29 is 14.0 Å². The van der Waals surface area contributed by atoms with Gasteiger partial charge in [-0.15, -0.1) is 0 Å². The van der Waals surface area contributed by atoms with Crippen LogP contribution in [0, 0.1) is 0 Å². The zero-order valence-electron chi connectivity index (χ0n) is 16.8. The minimum Gasteiger partial charge on any atom is -0.401 e. The van der Waals surface area contributed by atoms with Crippen molar-refractivity contribution in [2.75, 3.05) is 6.61 Å². The van der Waals surface area contributed by atoms with Crippen molar-refractivity contribution in [1.82, 2.24) is 9.78 Å². The van der Waals surface area contributed by atoms with Crippen LogP contribution in [-0.4, -0.2) is 40.2 Å². The molecule has 0 bridgehead atoms. The maximum Gasteiger partial charge on any atom is 0.492 e. The van der Waals surface area contributed by atoms with Gasteiger partial charge in [0, 0.05) is 19.0 Å². The summed E-state index contributed by atoms with van der Waals surface area (Å²) in [5.41, 5.74) is 1.14. The zero-order valence-corrected chi connectivity index (χ0v) is 16.8. The van der Waals surface area contributed by atoms with Crippen molar-refractivity contribution in [3.63, 3.8) is 0 Å². The Balaban J connectivity index is 1.58. The number of aromatic nitrogens is 2. The summed E-state index contributed by atoms with van der Waals surface area (Å²) in [5, 5.41) is 4.29. The molecule has 2 aromatic rings. The number of rotatable bonds is 4. The lowest BCUT2D eigenvalue weighted by Gasteiger charge is -2.38. The first kappa shape index (κ1) is 18.7. The normalized spacial score (nSPS) is 27.0. The lowest BCUT2D eigenvalue weighted by Crippen LogP contribution is -2.54. The Bertz CT molecular complexity index is 749. The number of nitrogens with zero attached hydrogens (tertiary/aromatic N) is 2. The van der Waals surface area contributed by atoms with Gasteiger partial charge in [-0.05, 0) is 77.1 Å². The molecule has 2 saturated heterocycles. The fourth-order valence-corrected chi connectivity index (χ4v) is 3.87. The van der Waals surface area contributed by atoms with Crippen LogP contribution in [0.5, 0.6) is 0 Å². The summed E-state index contributed by atoms with van der Waals surface area (Å²) >= 11 is 0. The molecule has 6 heteroatoms. The molecule has 0 saturated carbocycles. The Hall–Kier alpha value is -1.63. The van der Waals surface area contributed by atoms with Crippen LogP contribution in [0.2, 0.25) is 0 Å². The Morgan fingerprint density at radius 3 is 2.30 bits per heavy atom. The highest BCUT2D eigenvalue weighted by molar-refractivity contribution is 6.49. The smallest absolute Gasteiger partial charge is 0.401 e. The Labute approximate surface area is 162 Å². The largest absolute Gasteiger partial charge is 0.492 e. The van der Waals surface area contributed by atoms with Gasteiger partial charge >= 0.3 is 7.12 Å². The van der Waals surface area contributed by atoms with Gasteiger partial charge in [0.1, 0.15) is 5.50 Å². The quantitative estimate of drug-likeness (QED) is 0.766. The lowest BCUT2D eigenvalue weighted by molar-refractivity contribution is -0.0449. The SMILES string of the molecule is CC1(C)OB([C@]2(Cc3ccc(-n4cccn4)cc3)CCCCO2)OC1(C)C. The zero-order chi connectivity index (χ0) is 19.1. The van der Waals surface area contributed by atoms with Crippen LogP contribution < -0.4 is 0 Å². The van der Waals surface area contributed by atoms with Gasteiger partial charge in [-0.3, -0.25) is 0 Å². The van der Waals surface area contributed by atoms with Crippen LogP contribution in [0.25, 0.3) is 5.69 Å². The van der Waals surface area contributed by atoms with Gasteiger partial charge in [0.2, 0.25) is 0 Å². The molecule has 0 unspecified atom stereocenters. The molecule has 2 fully saturated rings. The second-order valence-corrected chi connectivity index (χ2v) is 8.75. The Morgan fingerprint density at radius 1 is 1.04 bits per heavy atom. The van der Waals surface area contributed by atoms with Crippen LogP contribution in [0.1, 0.15) is 52.5 Å². The molecule has 1 aromatic carbocycles. The van der Waals surface area contributed by atoms with E-state index in [2.05, 4.69) is 57.1 Å². The molecule has 2 aliphatic heterocycles. The van der Waals surface area contributed by atoms with E-state index >= 15 is 0 Å². The van der Waals surface area contributed by atoms with E-state index in [1.54, 1.807) is 6.20 Å². The molecule has 3 heterocycles. The van der Waals surface area contributed by atoms with Gasteiger partial charge in [0.15, 0.2) is 0 Å². The molecule has 1 aromatic heterocycles. The molecule has 4 rings (SSSR count). The van der Waals surface area contributed by atoms with E-state index in [0.29, 0.717) is 0 Å². The Kier molecular flexibility index (Phi) is 4.69. The summed E-state index contributed by atoms with van der Waals surface area (Å²) in [6, 6.07) is 10.4. The fraction of sp³-hybridized carbons (Fsp3) is 0.571. The topological polar surface area (TPSA) is 45.5 Å². The van der Waals surface area contributed by atoms with Crippen LogP contribution in [0.3, 0.4) is 0 Å². The maximum absolute atomic E-state index is 6.40. The Morgan fingerprint density at radius 2 is 1.74 bits per heavy atom. The second-order valence-electron chi connectivity index (χ2n) is 8.75. The van der Waals surface area contributed by atoms with Crippen LogP contribution >= 0.6 is 0 Å². The van der Waals surface area contributed by atoms with Crippen molar-refractivity contribution >= 4 is 7.12 Å². The van der Waals surface area contributed by atoms with Gasteiger partial charge in [-0.1, -0.05) is 12.1 Å². The van der Waals surface area contributed by atoms with E-state index in [4.69, 9.17) is 14.0 Å². The third-order valence-corrected chi connectivity index (χ3v) is 6.28.